The molecule has 17 heavy (non-hydrogen) atoms. The molecule has 0 unspecified atom stereocenters. The number of nitrogens with zero attached hydrogens (tertiary/aromatic N) is 1. The van der Waals surface area contributed by atoms with Gasteiger partial charge in [-0.3, -0.25) is 4.98 Å². The molecule has 0 spiro atoms. The number of hydrogen-bond donors (Lipinski definition) is 2. The molecule has 0 aliphatic carbocycles. The summed E-state index contributed by atoms with van der Waals surface area (Å²) in [5.74, 6) is 0. The molecule has 3 nitrogen and oxygen atoms in total. The predicted molar refractivity (Wildman–Crippen MR) is 70.0 cm³/mol. The lowest BCUT2D eigenvalue weighted by atomic mass is 10.1. The molecule has 0 aliphatic rings. The topological polar surface area (TPSA) is 59.1 Å². The lowest BCUT2D eigenvalue weighted by molar-refractivity contribution is 0.282. The van der Waals surface area contributed by atoms with Gasteiger partial charge in [0.05, 0.1) is 24.2 Å². The lowest BCUT2D eigenvalue weighted by Gasteiger charge is -2.08. The smallest absolute Gasteiger partial charge is 0.0759 e. The number of halogens is 2. The van der Waals surface area contributed by atoms with Crippen molar-refractivity contribution in [2.24, 2.45) is 0 Å². The average molecular weight is 269 g/mol. The Morgan fingerprint density at radius 2 is 1.76 bits per heavy atom. The van der Waals surface area contributed by atoms with Gasteiger partial charge in [-0.05, 0) is 24.3 Å². The van der Waals surface area contributed by atoms with Gasteiger partial charge in [0, 0.05) is 21.2 Å². The van der Waals surface area contributed by atoms with Crippen molar-refractivity contribution in [1.82, 2.24) is 4.98 Å². The first-order valence-corrected chi connectivity index (χ1v) is 5.67. The van der Waals surface area contributed by atoms with Crippen LogP contribution >= 0.6 is 23.2 Å². The molecule has 0 saturated carbocycles. The highest BCUT2D eigenvalue weighted by Gasteiger charge is 2.08. The number of hydrogen-bond acceptors (Lipinski definition) is 3. The van der Waals surface area contributed by atoms with E-state index in [0.717, 1.165) is 5.56 Å². The van der Waals surface area contributed by atoms with Crippen molar-refractivity contribution < 1.29 is 5.11 Å². The summed E-state index contributed by atoms with van der Waals surface area (Å²) in [5, 5.41) is 10.3. The molecule has 0 saturated heterocycles. The van der Waals surface area contributed by atoms with E-state index in [0.29, 0.717) is 27.0 Å². The van der Waals surface area contributed by atoms with Gasteiger partial charge < -0.3 is 10.8 Å². The quantitative estimate of drug-likeness (QED) is 0.880. The Labute approximate surface area is 109 Å². The first kappa shape index (κ1) is 12.2. The summed E-state index contributed by atoms with van der Waals surface area (Å²) < 4.78 is 0. The zero-order chi connectivity index (χ0) is 12.4. The zero-order valence-electron chi connectivity index (χ0n) is 8.82. The minimum atomic E-state index is -0.141. The molecular formula is C12H10Cl2N2O. The van der Waals surface area contributed by atoms with Crippen LogP contribution in [-0.4, -0.2) is 10.1 Å². The number of pyridine rings is 1. The van der Waals surface area contributed by atoms with Crippen LogP contribution in [0, 0.1) is 0 Å². The number of benzene rings is 1. The van der Waals surface area contributed by atoms with Crippen molar-refractivity contribution in [3.8, 4) is 11.3 Å². The van der Waals surface area contributed by atoms with E-state index in [9.17, 15) is 5.11 Å². The summed E-state index contributed by atoms with van der Waals surface area (Å²) in [6.45, 7) is -0.141. The second-order valence-corrected chi connectivity index (χ2v) is 4.47. The molecule has 5 heteroatoms. The van der Waals surface area contributed by atoms with Crippen LogP contribution in [-0.2, 0) is 6.61 Å². The second kappa shape index (κ2) is 4.92. The van der Waals surface area contributed by atoms with Crippen molar-refractivity contribution >= 4 is 28.9 Å². The third-order valence-corrected chi connectivity index (χ3v) is 2.73. The molecule has 0 aliphatic heterocycles. The van der Waals surface area contributed by atoms with Crippen LogP contribution in [0.2, 0.25) is 10.0 Å². The van der Waals surface area contributed by atoms with E-state index in [1.165, 1.54) is 6.20 Å². The Kier molecular flexibility index (Phi) is 3.52. The molecule has 3 N–H and O–H groups in total. The second-order valence-electron chi connectivity index (χ2n) is 3.59. The lowest BCUT2D eigenvalue weighted by Crippen LogP contribution is -1.96. The Hall–Kier alpha value is -1.29. The van der Waals surface area contributed by atoms with E-state index in [4.69, 9.17) is 28.9 Å². The number of aliphatic hydroxyl groups excluding tert-OH is 1. The maximum Gasteiger partial charge on any atom is 0.0759 e. The fourth-order valence-corrected chi connectivity index (χ4v) is 2.13. The number of aliphatic hydroxyl groups is 1. The number of nitrogen functional groups attached to an aromatic ring is 1. The summed E-state index contributed by atoms with van der Waals surface area (Å²) in [6.07, 6.45) is 1.53. The Morgan fingerprint density at radius 3 is 2.35 bits per heavy atom. The molecule has 1 aromatic heterocycles. The minimum Gasteiger partial charge on any atom is -0.397 e. The highest BCUT2D eigenvalue weighted by atomic mass is 35.5. The van der Waals surface area contributed by atoms with Gasteiger partial charge in [0.15, 0.2) is 0 Å². The fraction of sp³-hybridized carbons (Fsp3) is 0.0833. The van der Waals surface area contributed by atoms with Gasteiger partial charge in [0.2, 0.25) is 0 Å². The molecule has 0 atom stereocenters. The third-order valence-electron chi connectivity index (χ3n) is 2.29. The predicted octanol–water partition coefficient (Wildman–Crippen LogP) is 3.13. The van der Waals surface area contributed by atoms with Crippen LogP contribution in [0.1, 0.15) is 5.56 Å². The van der Waals surface area contributed by atoms with Crippen molar-refractivity contribution in [3.05, 3.63) is 46.1 Å². The minimum absolute atomic E-state index is 0.141. The Morgan fingerprint density at radius 1 is 1.12 bits per heavy atom. The Balaban J connectivity index is 2.59. The summed E-state index contributed by atoms with van der Waals surface area (Å²) in [7, 11) is 0. The van der Waals surface area contributed by atoms with Gasteiger partial charge in [-0.25, -0.2) is 0 Å². The summed E-state index contributed by atoms with van der Waals surface area (Å²) in [6, 6.07) is 6.80. The van der Waals surface area contributed by atoms with Gasteiger partial charge in [0.1, 0.15) is 0 Å². The molecule has 88 valence electrons. The number of rotatable bonds is 2. The van der Waals surface area contributed by atoms with Gasteiger partial charge in [0.25, 0.3) is 0 Å². The number of anilines is 1. The fourth-order valence-electron chi connectivity index (χ4n) is 1.60. The molecule has 2 aromatic rings. The maximum atomic E-state index is 9.28. The zero-order valence-corrected chi connectivity index (χ0v) is 10.3. The van der Waals surface area contributed by atoms with Crippen LogP contribution < -0.4 is 5.73 Å². The first-order chi connectivity index (χ1) is 8.10. The molecule has 0 radical (unpaired) electrons. The van der Waals surface area contributed by atoms with Gasteiger partial charge in [-0.15, -0.1) is 0 Å². The SMILES string of the molecule is Nc1cnc(-c2cc(Cl)cc(Cl)c2)c(CO)c1. The third kappa shape index (κ3) is 2.69. The molecule has 1 heterocycles. The van der Waals surface area contributed by atoms with Crippen molar-refractivity contribution in [3.63, 3.8) is 0 Å². The summed E-state index contributed by atoms with van der Waals surface area (Å²) in [4.78, 5) is 4.20. The highest BCUT2D eigenvalue weighted by molar-refractivity contribution is 6.35. The highest BCUT2D eigenvalue weighted by Crippen LogP contribution is 2.28. The Bertz CT molecular complexity index is 538. The maximum absolute atomic E-state index is 9.28. The average Bonchev–Trinajstić information content (AvgIpc) is 2.27. The van der Waals surface area contributed by atoms with E-state index in [2.05, 4.69) is 4.98 Å². The van der Waals surface area contributed by atoms with Crippen molar-refractivity contribution in [2.45, 2.75) is 6.61 Å². The number of aromatic nitrogens is 1. The van der Waals surface area contributed by atoms with Gasteiger partial charge in [-0.2, -0.15) is 0 Å². The molecule has 1 aromatic carbocycles. The van der Waals surface area contributed by atoms with Crippen molar-refractivity contribution in [2.75, 3.05) is 5.73 Å². The van der Waals surface area contributed by atoms with Crippen LogP contribution in [0.5, 0.6) is 0 Å². The molecule has 2 rings (SSSR count). The number of nitrogens with two attached hydrogens (primary N) is 1. The van der Waals surface area contributed by atoms with Crippen LogP contribution in [0.4, 0.5) is 5.69 Å². The largest absolute Gasteiger partial charge is 0.397 e. The van der Waals surface area contributed by atoms with Gasteiger partial charge >= 0.3 is 0 Å². The molecular weight excluding hydrogens is 259 g/mol. The van der Waals surface area contributed by atoms with Crippen LogP contribution in [0.25, 0.3) is 11.3 Å². The van der Waals surface area contributed by atoms with E-state index in [1.54, 1.807) is 24.3 Å². The van der Waals surface area contributed by atoms with Crippen LogP contribution in [0.3, 0.4) is 0 Å². The van der Waals surface area contributed by atoms with E-state index in [1.807, 2.05) is 0 Å². The summed E-state index contributed by atoms with van der Waals surface area (Å²) in [5.41, 5.74) is 8.15. The van der Waals surface area contributed by atoms with E-state index in [-0.39, 0.29) is 6.61 Å². The van der Waals surface area contributed by atoms with Crippen LogP contribution in [0.15, 0.2) is 30.5 Å². The van der Waals surface area contributed by atoms with Gasteiger partial charge in [-0.1, -0.05) is 23.2 Å². The molecule has 0 fully saturated rings. The standard InChI is InChI=1S/C12H10Cl2N2O/c13-9-1-7(2-10(14)4-9)12-8(6-17)3-11(15)5-16-12/h1-5,17H,6,15H2. The molecule has 0 bridgehead atoms. The normalized spacial score (nSPS) is 10.5. The molecule has 0 amide bonds. The first-order valence-electron chi connectivity index (χ1n) is 4.92. The van der Waals surface area contributed by atoms with E-state index >= 15 is 0 Å². The monoisotopic (exact) mass is 268 g/mol. The summed E-state index contributed by atoms with van der Waals surface area (Å²) >= 11 is 11.9. The van der Waals surface area contributed by atoms with E-state index < -0.39 is 0 Å². The van der Waals surface area contributed by atoms with Crippen molar-refractivity contribution in [1.29, 1.82) is 0 Å².